The number of aryl methyl sites for hydroxylation is 2. The fraction of sp³-hybridized carbons (Fsp3) is 0.353. The highest BCUT2D eigenvalue weighted by Crippen LogP contribution is 2.11. The SMILES string of the molecule is CCc1ccc(NC(=O)CN(C)Cc2ccc(C)o2)cc1. The molecule has 0 saturated carbocycles. The monoisotopic (exact) mass is 286 g/mol. The summed E-state index contributed by atoms with van der Waals surface area (Å²) in [5, 5.41) is 2.90. The Hall–Kier alpha value is -2.07. The molecule has 0 aliphatic heterocycles. The van der Waals surface area contributed by atoms with Crippen molar-refractivity contribution in [2.24, 2.45) is 0 Å². The number of carbonyl (C=O) groups is 1. The summed E-state index contributed by atoms with van der Waals surface area (Å²) in [7, 11) is 1.90. The highest BCUT2D eigenvalue weighted by molar-refractivity contribution is 5.92. The summed E-state index contributed by atoms with van der Waals surface area (Å²) in [5.74, 6) is 1.74. The second kappa shape index (κ2) is 7.09. The number of rotatable bonds is 6. The summed E-state index contributed by atoms with van der Waals surface area (Å²) < 4.78 is 5.51. The molecular weight excluding hydrogens is 264 g/mol. The van der Waals surface area contributed by atoms with E-state index in [1.807, 2.05) is 55.3 Å². The Morgan fingerprint density at radius 2 is 1.90 bits per heavy atom. The van der Waals surface area contributed by atoms with Gasteiger partial charge < -0.3 is 9.73 Å². The first-order valence-electron chi connectivity index (χ1n) is 7.19. The van der Waals surface area contributed by atoms with Crippen LogP contribution in [0.5, 0.6) is 0 Å². The molecule has 1 amide bonds. The lowest BCUT2D eigenvalue weighted by molar-refractivity contribution is -0.117. The van der Waals surface area contributed by atoms with Crippen LogP contribution in [0.3, 0.4) is 0 Å². The molecule has 1 N–H and O–H groups in total. The van der Waals surface area contributed by atoms with Crippen molar-refractivity contribution < 1.29 is 9.21 Å². The normalized spacial score (nSPS) is 10.9. The van der Waals surface area contributed by atoms with Gasteiger partial charge in [0.1, 0.15) is 11.5 Å². The molecule has 2 aromatic rings. The third kappa shape index (κ3) is 4.76. The number of amides is 1. The Morgan fingerprint density at radius 1 is 1.19 bits per heavy atom. The van der Waals surface area contributed by atoms with E-state index < -0.39 is 0 Å². The summed E-state index contributed by atoms with van der Waals surface area (Å²) in [6, 6.07) is 11.8. The van der Waals surface area contributed by atoms with Gasteiger partial charge in [0.05, 0.1) is 13.1 Å². The number of nitrogens with one attached hydrogen (secondary N) is 1. The second-order valence-corrected chi connectivity index (χ2v) is 5.28. The molecule has 1 aromatic heterocycles. The molecule has 112 valence electrons. The fourth-order valence-corrected chi connectivity index (χ4v) is 2.16. The van der Waals surface area contributed by atoms with Crippen LogP contribution in [-0.4, -0.2) is 24.4 Å². The van der Waals surface area contributed by atoms with E-state index in [2.05, 4.69) is 12.2 Å². The molecule has 0 atom stereocenters. The van der Waals surface area contributed by atoms with Crippen LogP contribution in [0.15, 0.2) is 40.8 Å². The van der Waals surface area contributed by atoms with Crippen LogP contribution in [0, 0.1) is 6.92 Å². The third-order valence-electron chi connectivity index (χ3n) is 3.28. The van der Waals surface area contributed by atoms with Gasteiger partial charge in [-0.25, -0.2) is 0 Å². The molecule has 0 aliphatic carbocycles. The summed E-state index contributed by atoms with van der Waals surface area (Å²) in [6.07, 6.45) is 1.000. The summed E-state index contributed by atoms with van der Waals surface area (Å²) >= 11 is 0. The molecule has 4 heteroatoms. The van der Waals surface area contributed by atoms with Crippen molar-refractivity contribution in [3.8, 4) is 0 Å². The molecule has 21 heavy (non-hydrogen) atoms. The zero-order valence-electron chi connectivity index (χ0n) is 12.8. The van der Waals surface area contributed by atoms with E-state index >= 15 is 0 Å². The van der Waals surface area contributed by atoms with Gasteiger partial charge in [0, 0.05) is 5.69 Å². The molecule has 0 aliphatic rings. The number of nitrogens with zero attached hydrogens (tertiary/aromatic N) is 1. The number of carbonyl (C=O) groups excluding carboxylic acids is 1. The number of benzene rings is 1. The molecule has 0 bridgehead atoms. The molecule has 0 unspecified atom stereocenters. The lowest BCUT2D eigenvalue weighted by Gasteiger charge is -2.15. The maximum atomic E-state index is 12.0. The van der Waals surface area contributed by atoms with E-state index in [0.717, 1.165) is 23.6 Å². The first-order valence-corrected chi connectivity index (χ1v) is 7.19. The van der Waals surface area contributed by atoms with Gasteiger partial charge in [0.15, 0.2) is 0 Å². The molecule has 1 heterocycles. The van der Waals surface area contributed by atoms with Crippen LogP contribution < -0.4 is 5.32 Å². The highest BCUT2D eigenvalue weighted by atomic mass is 16.3. The first kappa shape index (κ1) is 15.3. The Kier molecular flexibility index (Phi) is 5.17. The number of furan rings is 1. The van der Waals surface area contributed by atoms with E-state index in [-0.39, 0.29) is 5.91 Å². The minimum atomic E-state index is -0.0231. The molecule has 0 spiro atoms. The zero-order valence-corrected chi connectivity index (χ0v) is 12.8. The minimum Gasteiger partial charge on any atom is -0.465 e. The Balaban J connectivity index is 1.82. The lowest BCUT2D eigenvalue weighted by Crippen LogP contribution is -2.29. The van der Waals surface area contributed by atoms with Crippen LogP contribution >= 0.6 is 0 Å². The zero-order chi connectivity index (χ0) is 15.2. The van der Waals surface area contributed by atoms with Crippen LogP contribution in [0.25, 0.3) is 0 Å². The molecular formula is C17H22N2O2. The van der Waals surface area contributed by atoms with Gasteiger partial charge in [0.2, 0.25) is 5.91 Å². The quantitative estimate of drug-likeness (QED) is 0.887. The van der Waals surface area contributed by atoms with Crippen molar-refractivity contribution in [3.05, 3.63) is 53.5 Å². The Labute approximate surface area is 125 Å². The highest BCUT2D eigenvalue weighted by Gasteiger charge is 2.09. The topological polar surface area (TPSA) is 45.5 Å². The van der Waals surface area contributed by atoms with Crippen molar-refractivity contribution in [2.75, 3.05) is 18.9 Å². The number of likely N-dealkylation sites (N-methyl/N-ethyl adjacent to an activating group) is 1. The average molecular weight is 286 g/mol. The first-order chi connectivity index (χ1) is 10.1. The van der Waals surface area contributed by atoms with Gasteiger partial charge >= 0.3 is 0 Å². The van der Waals surface area contributed by atoms with Gasteiger partial charge in [-0.15, -0.1) is 0 Å². The van der Waals surface area contributed by atoms with Crippen molar-refractivity contribution in [2.45, 2.75) is 26.8 Å². The van der Waals surface area contributed by atoms with Crippen molar-refractivity contribution in [1.82, 2.24) is 4.90 Å². The largest absolute Gasteiger partial charge is 0.465 e. The summed E-state index contributed by atoms with van der Waals surface area (Å²) in [4.78, 5) is 13.9. The fourth-order valence-electron chi connectivity index (χ4n) is 2.16. The number of hydrogen-bond donors (Lipinski definition) is 1. The van der Waals surface area contributed by atoms with E-state index in [4.69, 9.17) is 4.42 Å². The van der Waals surface area contributed by atoms with Crippen molar-refractivity contribution in [1.29, 1.82) is 0 Å². The summed E-state index contributed by atoms with van der Waals surface area (Å²) in [6.45, 7) is 4.97. The second-order valence-electron chi connectivity index (χ2n) is 5.28. The number of anilines is 1. The van der Waals surface area contributed by atoms with E-state index in [1.54, 1.807) is 0 Å². The maximum Gasteiger partial charge on any atom is 0.238 e. The van der Waals surface area contributed by atoms with E-state index in [9.17, 15) is 4.79 Å². The lowest BCUT2D eigenvalue weighted by atomic mass is 10.1. The number of hydrogen-bond acceptors (Lipinski definition) is 3. The van der Waals surface area contributed by atoms with Gasteiger partial charge in [0.25, 0.3) is 0 Å². The summed E-state index contributed by atoms with van der Waals surface area (Å²) in [5.41, 5.74) is 2.10. The maximum absolute atomic E-state index is 12.0. The van der Waals surface area contributed by atoms with Gasteiger partial charge in [-0.2, -0.15) is 0 Å². The molecule has 0 radical (unpaired) electrons. The molecule has 1 aromatic carbocycles. The van der Waals surface area contributed by atoms with Crippen LogP contribution in [-0.2, 0) is 17.8 Å². The predicted octanol–water partition coefficient (Wildman–Crippen LogP) is 3.22. The van der Waals surface area contributed by atoms with Gasteiger partial charge in [-0.1, -0.05) is 19.1 Å². The van der Waals surface area contributed by atoms with Crippen LogP contribution in [0.2, 0.25) is 0 Å². The van der Waals surface area contributed by atoms with Gasteiger partial charge in [-0.3, -0.25) is 9.69 Å². The molecule has 0 fully saturated rings. The molecule has 2 rings (SSSR count). The van der Waals surface area contributed by atoms with E-state index in [1.165, 1.54) is 5.56 Å². The van der Waals surface area contributed by atoms with Crippen molar-refractivity contribution >= 4 is 11.6 Å². The Morgan fingerprint density at radius 3 is 2.48 bits per heavy atom. The van der Waals surface area contributed by atoms with Gasteiger partial charge in [-0.05, 0) is 50.2 Å². The standard InChI is InChI=1S/C17H22N2O2/c1-4-14-6-8-15(9-7-14)18-17(20)12-19(3)11-16-10-5-13(2)21-16/h5-10H,4,11-12H2,1-3H3,(H,18,20). The minimum absolute atomic E-state index is 0.0231. The smallest absolute Gasteiger partial charge is 0.238 e. The van der Waals surface area contributed by atoms with E-state index in [0.29, 0.717) is 13.1 Å². The van der Waals surface area contributed by atoms with Crippen LogP contribution in [0.4, 0.5) is 5.69 Å². The predicted molar refractivity (Wildman–Crippen MR) is 84.2 cm³/mol. The molecule has 0 saturated heterocycles. The average Bonchev–Trinajstić information content (AvgIpc) is 2.84. The van der Waals surface area contributed by atoms with Crippen molar-refractivity contribution in [3.63, 3.8) is 0 Å². The molecule has 4 nitrogen and oxygen atoms in total. The third-order valence-corrected chi connectivity index (χ3v) is 3.28. The van der Waals surface area contributed by atoms with Crippen LogP contribution in [0.1, 0.15) is 24.0 Å². The Bertz CT molecular complexity index is 587.